The van der Waals surface area contributed by atoms with Gasteiger partial charge in [-0.25, -0.2) is 0 Å². The van der Waals surface area contributed by atoms with Crippen molar-refractivity contribution in [2.75, 3.05) is 5.88 Å². The Morgan fingerprint density at radius 3 is 2.53 bits per heavy atom. The molecule has 0 spiro atoms. The minimum atomic E-state index is 0.827. The number of aromatic amines is 1. The molecule has 17 heavy (non-hydrogen) atoms. The van der Waals surface area contributed by atoms with Gasteiger partial charge in [0.25, 0.3) is 0 Å². The van der Waals surface area contributed by atoms with Gasteiger partial charge >= 0.3 is 0 Å². The normalized spacial score (nSPS) is 9.53. The van der Waals surface area contributed by atoms with Crippen LogP contribution in [-0.2, 0) is 0 Å². The van der Waals surface area contributed by atoms with E-state index in [-0.39, 0.29) is 0 Å². The summed E-state index contributed by atoms with van der Waals surface area (Å²) in [6.07, 6.45) is 7.27. The monoisotopic (exact) mass is 251 g/mol. The van der Waals surface area contributed by atoms with Gasteiger partial charge in [-0.2, -0.15) is 5.10 Å². The van der Waals surface area contributed by atoms with Gasteiger partial charge in [0.15, 0.2) is 0 Å². The molecule has 2 rings (SSSR count). The molecule has 3 nitrogen and oxygen atoms in total. The lowest BCUT2D eigenvalue weighted by Gasteiger charge is -1.90. The Kier molecular flexibility index (Phi) is 7.07. The molecule has 2 aromatic heterocycles. The zero-order valence-electron chi connectivity index (χ0n) is 10.1. The molecule has 4 heteroatoms. The van der Waals surface area contributed by atoms with Crippen molar-refractivity contribution in [1.29, 1.82) is 0 Å². The van der Waals surface area contributed by atoms with E-state index in [4.69, 9.17) is 11.6 Å². The Bertz CT molecular complexity index is 369. The van der Waals surface area contributed by atoms with Crippen LogP contribution in [0.25, 0.3) is 11.4 Å². The standard InChI is InChI=1S/C8H7N3.C5H11Cl/c1-2-5-9-7(3-1)8-4-6-10-11-8;1-2-3-4-5-6/h1-6H,(H,10,11);2-5H2,1H3. The van der Waals surface area contributed by atoms with E-state index in [1.54, 1.807) is 12.4 Å². The maximum absolute atomic E-state index is 5.38. The van der Waals surface area contributed by atoms with Crippen molar-refractivity contribution in [2.45, 2.75) is 26.2 Å². The molecule has 0 saturated carbocycles. The van der Waals surface area contributed by atoms with Gasteiger partial charge in [0.2, 0.25) is 0 Å². The van der Waals surface area contributed by atoms with E-state index in [0.29, 0.717) is 0 Å². The highest BCUT2D eigenvalue weighted by Crippen LogP contribution is 2.10. The lowest BCUT2D eigenvalue weighted by Crippen LogP contribution is -1.80. The second-order valence-corrected chi connectivity index (χ2v) is 3.95. The summed E-state index contributed by atoms with van der Waals surface area (Å²) in [5.41, 5.74) is 1.78. The average molecular weight is 252 g/mol. The van der Waals surface area contributed by atoms with Gasteiger partial charge in [-0.05, 0) is 24.6 Å². The zero-order valence-corrected chi connectivity index (χ0v) is 10.8. The maximum Gasteiger partial charge on any atom is 0.110 e. The quantitative estimate of drug-likeness (QED) is 0.662. The lowest BCUT2D eigenvalue weighted by atomic mass is 10.3. The first-order valence-corrected chi connectivity index (χ1v) is 6.39. The van der Waals surface area contributed by atoms with Crippen LogP contribution in [0.3, 0.4) is 0 Å². The second-order valence-electron chi connectivity index (χ2n) is 3.57. The third-order valence-corrected chi connectivity index (χ3v) is 2.43. The summed E-state index contributed by atoms with van der Waals surface area (Å²) in [5.74, 6) is 0.827. The van der Waals surface area contributed by atoms with E-state index in [2.05, 4.69) is 22.1 Å². The van der Waals surface area contributed by atoms with Crippen molar-refractivity contribution in [3.05, 3.63) is 36.7 Å². The molecule has 0 aliphatic heterocycles. The van der Waals surface area contributed by atoms with Crippen LogP contribution in [0.4, 0.5) is 0 Å². The minimum Gasteiger partial charge on any atom is -0.285 e. The first-order valence-electron chi connectivity index (χ1n) is 5.85. The predicted molar refractivity (Wildman–Crippen MR) is 72.1 cm³/mol. The topological polar surface area (TPSA) is 41.6 Å². The number of alkyl halides is 1. The van der Waals surface area contributed by atoms with E-state index < -0.39 is 0 Å². The minimum absolute atomic E-state index is 0.827. The van der Waals surface area contributed by atoms with E-state index in [0.717, 1.165) is 17.3 Å². The fraction of sp³-hybridized carbons (Fsp3) is 0.385. The molecule has 0 bridgehead atoms. The third kappa shape index (κ3) is 5.50. The third-order valence-electron chi connectivity index (χ3n) is 2.17. The summed E-state index contributed by atoms with van der Waals surface area (Å²) in [6.45, 7) is 2.17. The zero-order chi connectivity index (χ0) is 12.3. The molecule has 0 atom stereocenters. The number of hydrogen-bond donors (Lipinski definition) is 1. The highest BCUT2D eigenvalue weighted by Gasteiger charge is 1.97. The maximum atomic E-state index is 5.38. The second kappa shape index (κ2) is 8.76. The summed E-state index contributed by atoms with van der Waals surface area (Å²) in [6, 6.07) is 7.64. The van der Waals surface area contributed by atoms with E-state index in [1.807, 2.05) is 24.3 Å². The van der Waals surface area contributed by atoms with Gasteiger partial charge in [0.05, 0.1) is 5.69 Å². The number of hydrogen-bond acceptors (Lipinski definition) is 2. The molecule has 92 valence electrons. The Balaban J connectivity index is 0.000000209. The van der Waals surface area contributed by atoms with Crippen LogP contribution in [0.1, 0.15) is 26.2 Å². The van der Waals surface area contributed by atoms with Crippen LogP contribution in [-0.4, -0.2) is 21.1 Å². The SMILES string of the molecule is CCCCCCl.c1ccc(-c2cc[nH]n2)nc1. The molecule has 2 aromatic rings. The molecular weight excluding hydrogens is 234 g/mol. The van der Waals surface area contributed by atoms with Gasteiger partial charge in [0, 0.05) is 18.3 Å². The fourth-order valence-corrected chi connectivity index (χ4v) is 1.45. The molecule has 0 saturated heterocycles. The highest BCUT2D eigenvalue weighted by atomic mass is 35.5. The van der Waals surface area contributed by atoms with E-state index in [9.17, 15) is 0 Å². The summed E-state index contributed by atoms with van der Waals surface area (Å²) in [7, 11) is 0. The van der Waals surface area contributed by atoms with Crippen LogP contribution in [0.2, 0.25) is 0 Å². The molecule has 0 amide bonds. The number of aromatic nitrogens is 3. The molecule has 0 radical (unpaired) electrons. The number of nitrogens with one attached hydrogen (secondary N) is 1. The summed E-state index contributed by atoms with van der Waals surface area (Å²) in [5, 5.41) is 6.74. The van der Waals surface area contributed by atoms with E-state index in [1.165, 1.54) is 19.3 Å². The molecule has 2 heterocycles. The van der Waals surface area contributed by atoms with Crippen LogP contribution in [0.5, 0.6) is 0 Å². The van der Waals surface area contributed by atoms with Gasteiger partial charge in [-0.1, -0.05) is 25.8 Å². The molecule has 1 N–H and O–H groups in total. The van der Waals surface area contributed by atoms with Crippen LogP contribution in [0, 0.1) is 0 Å². The first kappa shape index (κ1) is 13.7. The number of H-pyrrole nitrogens is 1. The predicted octanol–water partition coefficient (Wildman–Crippen LogP) is 3.89. The van der Waals surface area contributed by atoms with Gasteiger partial charge in [0.1, 0.15) is 5.69 Å². The van der Waals surface area contributed by atoms with E-state index >= 15 is 0 Å². The van der Waals surface area contributed by atoms with Crippen molar-refractivity contribution in [3.63, 3.8) is 0 Å². The molecular formula is C13H18ClN3. The van der Waals surface area contributed by atoms with Crippen molar-refractivity contribution in [3.8, 4) is 11.4 Å². The first-order chi connectivity index (χ1) is 8.38. The van der Waals surface area contributed by atoms with Crippen LogP contribution >= 0.6 is 11.6 Å². The Morgan fingerprint density at radius 1 is 1.18 bits per heavy atom. The number of pyridine rings is 1. The van der Waals surface area contributed by atoms with Gasteiger partial charge < -0.3 is 0 Å². The molecule has 0 aliphatic carbocycles. The van der Waals surface area contributed by atoms with Crippen molar-refractivity contribution < 1.29 is 0 Å². The summed E-state index contributed by atoms with van der Waals surface area (Å²) >= 11 is 5.38. The number of unbranched alkanes of at least 4 members (excludes halogenated alkanes) is 2. The molecule has 0 aliphatic rings. The van der Waals surface area contributed by atoms with Gasteiger partial charge in [-0.15, -0.1) is 11.6 Å². The number of rotatable bonds is 4. The number of nitrogens with zero attached hydrogens (tertiary/aromatic N) is 2. The summed E-state index contributed by atoms with van der Waals surface area (Å²) in [4.78, 5) is 4.14. The van der Waals surface area contributed by atoms with Gasteiger partial charge in [-0.3, -0.25) is 10.1 Å². The Hall–Kier alpha value is -1.35. The van der Waals surface area contributed by atoms with Crippen LogP contribution < -0.4 is 0 Å². The van der Waals surface area contributed by atoms with Crippen molar-refractivity contribution >= 4 is 11.6 Å². The Morgan fingerprint density at radius 2 is 2.06 bits per heavy atom. The lowest BCUT2D eigenvalue weighted by molar-refractivity contribution is 0.776. The van der Waals surface area contributed by atoms with Crippen molar-refractivity contribution in [1.82, 2.24) is 15.2 Å². The number of halogens is 1. The van der Waals surface area contributed by atoms with Crippen molar-refractivity contribution in [2.24, 2.45) is 0 Å². The molecule has 0 aromatic carbocycles. The molecule has 0 fully saturated rings. The largest absolute Gasteiger partial charge is 0.285 e. The summed E-state index contributed by atoms with van der Waals surface area (Å²) < 4.78 is 0. The Labute approximate surface area is 107 Å². The fourth-order valence-electron chi connectivity index (χ4n) is 1.26. The smallest absolute Gasteiger partial charge is 0.110 e. The van der Waals surface area contributed by atoms with Crippen LogP contribution in [0.15, 0.2) is 36.7 Å². The highest BCUT2D eigenvalue weighted by molar-refractivity contribution is 6.17. The average Bonchev–Trinajstić information content (AvgIpc) is 2.92. The molecule has 0 unspecified atom stereocenters.